The fourth-order valence-corrected chi connectivity index (χ4v) is 3.07. The van der Waals surface area contributed by atoms with Crippen LogP contribution >= 0.6 is 0 Å². The molecule has 1 aromatic carbocycles. The predicted octanol–water partition coefficient (Wildman–Crippen LogP) is 0.0789. The number of nitrogens with zero attached hydrogens (tertiary/aromatic N) is 1. The van der Waals surface area contributed by atoms with Crippen molar-refractivity contribution >= 4 is 23.4 Å². The van der Waals surface area contributed by atoms with Gasteiger partial charge in [-0.2, -0.15) is 0 Å². The van der Waals surface area contributed by atoms with E-state index < -0.39 is 6.04 Å². The summed E-state index contributed by atoms with van der Waals surface area (Å²) in [5.74, 6) is -0.802. The van der Waals surface area contributed by atoms with Crippen LogP contribution in [0.2, 0.25) is 0 Å². The van der Waals surface area contributed by atoms with Crippen LogP contribution in [0.1, 0.15) is 28.8 Å². The Kier molecular flexibility index (Phi) is 4.29. The predicted molar refractivity (Wildman–Crippen MR) is 84.9 cm³/mol. The second-order valence-corrected chi connectivity index (χ2v) is 5.76. The van der Waals surface area contributed by atoms with Gasteiger partial charge in [-0.1, -0.05) is 6.07 Å². The molecule has 3 N–H and O–H groups in total. The van der Waals surface area contributed by atoms with Crippen LogP contribution in [0.15, 0.2) is 18.2 Å². The van der Waals surface area contributed by atoms with Crippen LogP contribution in [0.4, 0.5) is 5.69 Å². The molecule has 0 spiro atoms. The third kappa shape index (κ3) is 2.92. The molecule has 0 aliphatic carbocycles. The molecular formula is C16H20N4O3. The van der Waals surface area contributed by atoms with Crippen molar-refractivity contribution in [3.8, 4) is 0 Å². The number of nitrogens with one attached hydrogen (secondary N) is 3. The highest BCUT2D eigenvalue weighted by Crippen LogP contribution is 2.32. The lowest BCUT2D eigenvalue weighted by Gasteiger charge is -2.29. The van der Waals surface area contributed by atoms with E-state index in [1.54, 1.807) is 11.0 Å². The Balaban J connectivity index is 1.80. The topological polar surface area (TPSA) is 90.5 Å². The van der Waals surface area contributed by atoms with Gasteiger partial charge < -0.3 is 15.5 Å². The number of rotatable bonds is 5. The first-order valence-corrected chi connectivity index (χ1v) is 7.77. The minimum Gasteiger partial charge on any atom is -0.383 e. The number of carbonyl (C=O) groups is 3. The van der Waals surface area contributed by atoms with E-state index in [2.05, 4.69) is 16.0 Å². The van der Waals surface area contributed by atoms with Crippen LogP contribution in [-0.2, 0) is 16.1 Å². The van der Waals surface area contributed by atoms with Gasteiger partial charge >= 0.3 is 0 Å². The standard InChI is InChI=1S/C16H20N4O3/c1-17-7-8-18-12-4-2-3-10-11(12)9-20(16(10)23)13-5-6-14(21)19-15(13)22/h2-4,13,17-18H,5-9H2,1H3,(H,19,21,22). The number of amides is 3. The molecule has 0 radical (unpaired) electrons. The smallest absolute Gasteiger partial charge is 0.255 e. The summed E-state index contributed by atoms with van der Waals surface area (Å²) >= 11 is 0. The Hall–Kier alpha value is -2.41. The molecule has 7 nitrogen and oxygen atoms in total. The summed E-state index contributed by atoms with van der Waals surface area (Å²) in [7, 11) is 1.88. The van der Waals surface area contributed by atoms with Crippen molar-refractivity contribution in [3.63, 3.8) is 0 Å². The molecule has 1 unspecified atom stereocenters. The largest absolute Gasteiger partial charge is 0.383 e. The first-order valence-electron chi connectivity index (χ1n) is 7.77. The van der Waals surface area contributed by atoms with Crippen molar-refractivity contribution in [1.82, 2.24) is 15.5 Å². The molecule has 1 saturated heterocycles. The molecule has 23 heavy (non-hydrogen) atoms. The van der Waals surface area contributed by atoms with Crippen molar-refractivity contribution in [1.29, 1.82) is 0 Å². The Morgan fingerprint density at radius 2 is 2.09 bits per heavy atom. The van der Waals surface area contributed by atoms with Crippen LogP contribution in [0.5, 0.6) is 0 Å². The van der Waals surface area contributed by atoms with Gasteiger partial charge in [0.25, 0.3) is 5.91 Å². The molecule has 2 heterocycles. The Morgan fingerprint density at radius 3 is 2.83 bits per heavy atom. The molecule has 7 heteroatoms. The lowest BCUT2D eigenvalue weighted by molar-refractivity contribution is -0.136. The monoisotopic (exact) mass is 316 g/mol. The van der Waals surface area contributed by atoms with Crippen LogP contribution in [0.25, 0.3) is 0 Å². The number of imide groups is 1. The molecule has 0 aromatic heterocycles. The van der Waals surface area contributed by atoms with Crippen LogP contribution in [-0.4, -0.2) is 48.8 Å². The third-order valence-corrected chi connectivity index (χ3v) is 4.27. The quantitative estimate of drug-likeness (QED) is 0.529. The number of hydrogen-bond acceptors (Lipinski definition) is 5. The van der Waals surface area contributed by atoms with Gasteiger partial charge in [-0.05, 0) is 25.6 Å². The lowest BCUT2D eigenvalue weighted by Crippen LogP contribution is -2.52. The second-order valence-electron chi connectivity index (χ2n) is 5.76. The van der Waals surface area contributed by atoms with Gasteiger partial charge in [0.05, 0.1) is 0 Å². The molecule has 3 rings (SSSR count). The van der Waals surface area contributed by atoms with Crippen molar-refractivity contribution in [3.05, 3.63) is 29.3 Å². The van der Waals surface area contributed by atoms with E-state index >= 15 is 0 Å². The first kappa shape index (κ1) is 15.5. The molecule has 0 saturated carbocycles. The number of likely N-dealkylation sites (N-methyl/N-ethyl adjacent to an activating group) is 1. The maximum Gasteiger partial charge on any atom is 0.255 e. The normalized spacial score (nSPS) is 20.5. The minimum absolute atomic E-state index is 0.147. The van der Waals surface area contributed by atoms with E-state index in [9.17, 15) is 14.4 Å². The molecule has 1 atom stereocenters. The van der Waals surface area contributed by atoms with Crippen molar-refractivity contribution < 1.29 is 14.4 Å². The molecule has 2 aliphatic rings. The lowest BCUT2D eigenvalue weighted by atomic mass is 10.0. The zero-order valence-corrected chi connectivity index (χ0v) is 13.0. The third-order valence-electron chi connectivity index (χ3n) is 4.27. The fourth-order valence-electron chi connectivity index (χ4n) is 3.07. The van der Waals surface area contributed by atoms with Gasteiger partial charge in [-0.25, -0.2) is 0 Å². The average molecular weight is 316 g/mol. The molecule has 1 aromatic rings. The highest BCUT2D eigenvalue weighted by Gasteiger charge is 2.39. The fraction of sp³-hybridized carbons (Fsp3) is 0.438. The van der Waals surface area contributed by atoms with Crippen LogP contribution < -0.4 is 16.0 Å². The van der Waals surface area contributed by atoms with E-state index in [1.807, 2.05) is 19.2 Å². The minimum atomic E-state index is -0.572. The molecule has 3 amide bonds. The summed E-state index contributed by atoms with van der Waals surface area (Å²) in [6.07, 6.45) is 0.650. The Labute approximate surface area is 134 Å². The highest BCUT2D eigenvalue weighted by molar-refractivity contribution is 6.06. The summed E-state index contributed by atoms with van der Waals surface area (Å²) in [5.41, 5.74) is 2.46. The van der Waals surface area contributed by atoms with E-state index in [-0.39, 0.29) is 24.1 Å². The van der Waals surface area contributed by atoms with Gasteiger partial charge in [-0.3, -0.25) is 19.7 Å². The Bertz CT molecular complexity index is 659. The molecule has 0 bridgehead atoms. The van der Waals surface area contributed by atoms with Gasteiger partial charge in [-0.15, -0.1) is 0 Å². The van der Waals surface area contributed by atoms with Crippen molar-refractivity contribution in [2.24, 2.45) is 0 Å². The summed E-state index contributed by atoms with van der Waals surface area (Å²) in [4.78, 5) is 37.5. The van der Waals surface area contributed by atoms with E-state index in [4.69, 9.17) is 0 Å². The van der Waals surface area contributed by atoms with Gasteiger partial charge in [0, 0.05) is 42.9 Å². The number of benzene rings is 1. The van der Waals surface area contributed by atoms with Gasteiger partial charge in [0.1, 0.15) is 6.04 Å². The molecule has 1 fully saturated rings. The number of piperidine rings is 1. The number of carbonyl (C=O) groups excluding carboxylic acids is 3. The van der Waals surface area contributed by atoms with Crippen molar-refractivity contribution in [2.45, 2.75) is 25.4 Å². The molecule has 122 valence electrons. The maximum atomic E-state index is 12.6. The summed E-state index contributed by atoms with van der Waals surface area (Å²) in [5, 5.41) is 8.69. The molecular weight excluding hydrogens is 296 g/mol. The van der Waals surface area contributed by atoms with E-state index in [0.717, 1.165) is 24.3 Å². The second kappa shape index (κ2) is 6.37. The summed E-state index contributed by atoms with van der Waals surface area (Å²) in [6.45, 7) is 1.96. The van der Waals surface area contributed by atoms with Gasteiger partial charge in [0.2, 0.25) is 11.8 Å². The zero-order chi connectivity index (χ0) is 16.4. The maximum absolute atomic E-state index is 12.6. The summed E-state index contributed by atoms with van der Waals surface area (Å²) in [6, 6.07) is 4.99. The number of hydrogen-bond donors (Lipinski definition) is 3. The number of anilines is 1. The van der Waals surface area contributed by atoms with Crippen LogP contribution in [0.3, 0.4) is 0 Å². The average Bonchev–Trinajstić information content (AvgIpc) is 2.86. The number of fused-ring (bicyclic) bond motifs is 1. The van der Waals surface area contributed by atoms with Crippen molar-refractivity contribution in [2.75, 3.05) is 25.5 Å². The molecule has 2 aliphatic heterocycles. The summed E-state index contributed by atoms with van der Waals surface area (Å²) < 4.78 is 0. The highest BCUT2D eigenvalue weighted by atomic mass is 16.2. The van der Waals surface area contributed by atoms with E-state index in [0.29, 0.717) is 18.5 Å². The first-order chi connectivity index (χ1) is 11.1. The Morgan fingerprint density at radius 1 is 1.26 bits per heavy atom. The van der Waals surface area contributed by atoms with E-state index in [1.165, 1.54) is 0 Å². The zero-order valence-electron chi connectivity index (χ0n) is 13.0. The van der Waals surface area contributed by atoms with Crippen LogP contribution in [0, 0.1) is 0 Å². The van der Waals surface area contributed by atoms with Gasteiger partial charge in [0.15, 0.2) is 0 Å². The SMILES string of the molecule is CNCCNc1cccc2c1CN(C1CCC(=O)NC1=O)C2=O.